The fraction of sp³-hybridized carbons (Fsp3) is 0.0500. The van der Waals surface area contributed by atoms with Gasteiger partial charge in [0.2, 0.25) is 0 Å². The summed E-state index contributed by atoms with van der Waals surface area (Å²) < 4.78 is 10.6. The Balaban J connectivity index is 2.10. The first-order valence-corrected chi connectivity index (χ1v) is 7.36. The molecule has 0 saturated carbocycles. The predicted octanol–water partition coefficient (Wildman–Crippen LogP) is 4.62. The molecule has 0 bridgehead atoms. The van der Waals surface area contributed by atoms with Crippen LogP contribution in [0, 0.1) is 0 Å². The zero-order valence-corrected chi connectivity index (χ0v) is 12.6. The molecule has 0 atom stereocenters. The lowest BCUT2D eigenvalue weighted by molar-refractivity contribution is 0.414. The van der Waals surface area contributed by atoms with E-state index in [4.69, 9.17) is 9.15 Å². The molecule has 0 unspecified atom stereocenters. The van der Waals surface area contributed by atoms with Crippen molar-refractivity contribution in [3.63, 3.8) is 0 Å². The van der Waals surface area contributed by atoms with Gasteiger partial charge in [-0.25, -0.2) is 4.79 Å². The van der Waals surface area contributed by atoms with E-state index >= 15 is 0 Å². The molecule has 0 N–H and O–H groups in total. The number of fused-ring (bicyclic) bond motifs is 2. The van der Waals surface area contributed by atoms with Crippen LogP contribution in [0.2, 0.25) is 0 Å². The molecule has 112 valence electrons. The van der Waals surface area contributed by atoms with Crippen molar-refractivity contribution in [3.05, 3.63) is 77.2 Å². The van der Waals surface area contributed by atoms with Gasteiger partial charge in [-0.3, -0.25) is 0 Å². The highest BCUT2D eigenvalue weighted by Gasteiger charge is 2.11. The Labute approximate surface area is 132 Å². The predicted molar refractivity (Wildman–Crippen MR) is 92.0 cm³/mol. The minimum atomic E-state index is -0.367. The van der Waals surface area contributed by atoms with E-state index in [0.29, 0.717) is 11.3 Å². The van der Waals surface area contributed by atoms with Crippen molar-refractivity contribution in [2.75, 3.05) is 7.11 Å². The smallest absolute Gasteiger partial charge is 0.336 e. The lowest BCUT2D eigenvalue weighted by atomic mass is 9.96. The highest BCUT2D eigenvalue weighted by Crippen LogP contribution is 2.33. The van der Waals surface area contributed by atoms with Crippen LogP contribution < -0.4 is 10.4 Å². The van der Waals surface area contributed by atoms with Gasteiger partial charge in [-0.05, 0) is 28.5 Å². The maximum atomic E-state index is 12.0. The third-order valence-corrected chi connectivity index (χ3v) is 4.03. The molecule has 0 fully saturated rings. The van der Waals surface area contributed by atoms with E-state index in [2.05, 4.69) is 18.2 Å². The quantitative estimate of drug-likeness (QED) is 0.507. The second-order valence-electron chi connectivity index (χ2n) is 5.37. The van der Waals surface area contributed by atoms with Gasteiger partial charge in [0, 0.05) is 23.1 Å². The summed E-state index contributed by atoms with van der Waals surface area (Å²) >= 11 is 0. The van der Waals surface area contributed by atoms with Gasteiger partial charge >= 0.3 is 5.63 Å². The first-order valence-electron chi connectivity index (χ1n) is 7.36. The molecule has 0 aliphatic rings. The van der Waals surface area contributed by atoms with Crippen LogP contribution in [0.3, 0.4) is 0 Å². The number of rotatable bonds is 2. The third-order valence-electron chi connectivity index (χ3n) is 4.03. The lowest BCUT2D eigenvalue weighted by Gasteiger charge is -2.10. The summed E-state index contributed by atoms with van der Waals surface area (Å²) in [5, 5.41) is 3.14. The maximum Gasteiger partial charge on any atom is 0.336 e. The number of methoxy groups -OCH3 is 1. The lowest BCUT2D eigenvalue weighted by Crippen LogP contribution is -1.98. The average molecular weight is 302 g/mol. The molecule has 3 nitrogen and oxygen atoms in total. The molecule has 1 aromatic heterocycles. The van der Waals surface area contributed by atoms with Gasteiger partial charge in [-0.2, -0.15) is 0 Å². The van der Waals surface area contributed by atoms with Crippen LogP contribution in [-0.2, 0) is 0 Å². The number of benzene rings is 3. The Morgan fingerprint density at radius 3 is 2.52 bits per heavy atom. The molecule has 0 spiro atoms. The van der Waals surface area contributed by atoms with Crippen molar-refractivity contribution in [2.45, 2.75) is 0 Å². The fourth-order valence-corrected chi connectivity index (χ4v) is 2.95. The SMILES string of the molecule is COc1ccc2c(-c3cccc4ccccc34)cc(=O)oc2c1. The first kappa shape index (κ1) is 13.6. The molecule has 0 aliphatic carbocycles. The Kier molecular flexibility index (Phi) is 3.12. The van der Waals surface area contributed by atoms with Gasteiger partial charge in [0.1, 0.15) is 11.3 Å². The normalized spacial score (nSPS) is 11.0. The van der Waals surface area contributed by atoms with Crippen LogP contribution in [0.5, 0.6) is 5.75 Å². The third kappa shape index (κ3) is 2.27. The van der Waals surface area contributed by atoms with E-state index in [0.717, 1.165) is 27.3 Å². The Morgan fingerprint density at radius 1 is 0.826 bits per heavy atom. The summed E-state index contributed by atoms with van der Waals surface area (Å²) in [4.78, 5) is 12.0. The van der Waals surface area contributed by atoms with E-state index in [1.54, 1.807) is 19.2 Å². The number of hydrogen-bond donors (Lipinski definition) is 0. The highest BCUT2D eigenvalue weighted by molar-refractivity contribution is 6.04. The monoisotopic (exact) mass is 302 g/mol. The molecule has 0 aliphatic heterocycles. The zero-order valence-electron chi connectivity index (χ0n) is 12.6. The maximum absolute atomic E-state index is 12.0. The summed E-state index contributed by atoms with van der Waals surface area (Å²) in [6.45, 7) is 0. The second kappa shape index (κ2) is 5.29. The molecule has 1 heterocycles. The molecule has 23 heavy (non-hydrogen) atoms. The van der Waals surface area contributed by atoms with E-state index < -0.39 is 0 Å². The van der Waals surface area contributed by atoms with Crippen molar-refractivity contribution in [1.29, 1.82) is 0 Å². The van der Waals surface area contributed by atoms with Gasteiger partial charge in [0.05, 0.1) is 7.11 Å². The van der Waals surface area contributed by atoms with Crippen LogP contribution in [0.25, 0.3) is 32.9 Å². The van der Waals surface area contributed by atoms with Gasteiger partial charge in [-0.15, -0.1) is 0 Å². The molecule has 4 aromatic rings. The second-order valence-corrected chi connectivity index (χ2v) is 5.37. The summed E-state index contributed by atoms with van der Waals surface area (Å²) in [6.07, 6.45) is 0. The molecular weight excluding hydrogens is 288 g/mol. The number of ether oxygens (including phenoxy) is 1. The fourth-order valence-electron chi connectivity index (χ4n) is 2.95. The van der Waals surface area contributed by atoms with Crippen molar-refractivity contribution >= 4 is 21.7 Å². The van der Waals surface area contributed by atoms with Crippen molar-refractivity contribution in [3.8, 4) is 16.9 Å². The molecule has 0 saturated heterocycles. The van der Waals surface area contributed by atoms with Crippen molar-refractivity contribution < 1.29 is 9.15 Å². The van der Waals surface area contributed by atoms with E-state index in [1.807, 2.05) is 36.4 Å². The standard InChI is InChI=1S/C20H14O3/c1-22-14-9-10-17-18(12-20(21)23-19(17)11-14)16-8-4-6-13-5-2-3-7-15(13)16/h2-12H,1H3. The number of hydrogen-bond acceptors (Lipinski definition) is 3. The molecule has 3 aromatic carbocycles. The van der Waals surface area contributed by atoms with E-state index in [9.17, 15) is 4.79 Å². The van der Waals surface area contributed by atoms with Gasteiger partial charge < -0.3 is 9.15 Å². The largest absolute Gasteiger partial charge is 0.497 e. The summed E-state index contributed by atoms with van der Waals surface area (Å²) in [5.74, 6) is 0.663. The van der Waals surface area contributed by atoms with Gasteiger partial charge in [0.25, 0.3) is 0 Å². The highest BCUT2D eigenvalue weighted by atomic mass is 16.5. The van der Waals surface area contributed by atoms with Crippen molar-refractivity contribution in [2.24, 2.45) is 0 Å². The molecule has 3 heteroatoms. The zero-order chi connectivity index (χ0) is 15.8. The minimum absolute atomic E-state index is 0.367. The van der Waals surface area contributed by atoms with E-state index in [1.165, 1.54) is 0 Å². The molecule has 0 radical (unpaired) electrons. The van der Waals surface area contributed by atoms with Gasteiger partial charge in [-0.1, -0.05) is 42.5 Å². The van der Waals surface area contributed by atoms with Crippen molar-refractivity contribution in [1.82, 2.24) is 0 Å². The summed E-state index contributed by atoms with van der Waals surface area (Å²) in [7, 11) is 1.59. The molecular formula is C20H14O3. The van der Waals surface area contributed by atoms with Gasteiger partial charge in [0.15, 0.2) is 0 Å². The van der Waals surface area contributed by atoms with Crippen LogP contribution in [0.4, 0.5) is 0 Å². The molecule has 4 rings (SSSR count). The minimum Gasteiger partial charge on any atom is -0.497 e. The molecule has 0 amide bonds. The van der Waals surface area contributed by atoms with E-state index in [-0.39, 0.29) is 5.63 Å². The first-order chi connectivity index (χ1) is 11.3. The Hall–Kier alpha value is -3.07. The topological polar surface area (TPSA) is 39.4 Å². The van der Waals surface area contributed by atoms with Crippen LogP contribution in [-0.4, -0.2) is 7.11 Å². The Bertz CT molecular complexity index is 1070. The summed E-state index contributed by atoms with van der Waals surface area (Å²) in [5.41, 5.74) is 2.05. The average Bonchev–Trinajstić information content (AvgIpc) is 2.60. The van der Waals surface area contributed by atoms with Crippen LogP contribution in [0.1, 0.15) is 0 Å². The van der Waals surface area contributed by atoms with Crippen LogP contribution >= 0.6 is 0 Å². The Morgan fingerprint density at radius 2 is 1.65 bits per heavy atom. The summed E-state index contributed by atoms with van der Waals surface area (Å²) in [6, 6.07) is 21.3. The van der Waals surface area contributed by atoms with Crippen LogP contribution in [0.15, 0.2) is 75.9 Å².